The number of esters is 1. The Morgan fingerprint density at radius 3 is 2.54 bits per heavy atom. The van der Waals surface area contributed by atoms with Crippen LogP contribution in [0.4, 0.5) is 0 Å². The fourth-order valence-corrected chi connectivity index (χ4v) is 3.03. The first-order valence-electron chi connectivity index (χ1n) is 8.28. The number of ether oxygens (including phenoxy) is 2. The number of carbonyl (C=O) groups is 1. The van der Waals surface area contributed by atoms with Gasteiger partial charge in [-0.15, -0.1) is 0 Å². The van der Waals surface area contributed by atoms with E-state index in [4.69, 9.17) is 9.47 Å². The quantitative estimate of drug-likeness (QED) is 0.411. The Morgan fingerprint density at radius 2 is 1.92 bits per heavy atom. The van der Waals surface area contributed by atoms with Gasteiger partial charge in [-0.3, -0.25) is 0 Å². The first-order chi connectivity index (χ1) is 11.4. The molecule has 0 bridgehead atoms. The van der Waals surface area contributed by atoms with E-state index in [1.165, 1.54) is 0 Å². The van der Waals surface area contributed by atoms with Crippen molar-refractivity contribution in [3.63, 3.8) is 0 Å². The fourth-order valence-electron chi connectivity index (χ4n) is 2.27. The minimum atomic E-state index is -1.12. The highest BCUT2D eigenvalue weighted by atomic mass is 28.3. The second-order valence-electron chi connectivity index (χ2n) is 6.85. The van der Waals surface area contributed by atoms with Crippen LogP contribution in [-0.2, 0) is 16.2 Å². The molecule has 0 saturated carbocycles. The van der Waals surface area contributed by atoms with Crippen molar-refractivity contribution < 1.29 is 14.3 Å². The van der Waals surface area contributed by atoms with E-state index in [0.29, 0.717) is 19.0 Å². The van der Waals surface area contributed by atoms with Gasteiger partial charge in [-0.2, -0.15) is 0 Å². The number of hydrogen-bond donors (Lipinski definition) is 0. The normalized spacial score (nSPS) is 11.5. The maximum Gasteiger partial charge on any atom is 0.359 e. The number of hydrogen-bond acceptors (Lipinski definition) is 4. The monoisotopic (exact) mass is 346 g/mol. The Morgan fingerprint density at radius 1 is 1.21 bits per heavy atom. The van der Waals surface area contributed by atoms with E-state index in [1.807, 2.05) is 34.9 Å². The number of benzene rings is 1. The Balaban J connectivity index is 2.20. The van der Waals surface area contributed by atoms with Gasteiger partial charge in [0.1, 0.15) is 6.73 Å². The molecule has 0 spiro atoms. The predicted octanol–water partition coefficient (Wildman–Crippen LogP) is 4.04. The van der Waals surface area contributed by atoms with Crippen LogP contribution in [0.5, 0.6) is 0 Å². The predicted molar refractivity (Wildman–Crippen MR) is 97.7 cm³/mol. The number of aromatic nitrogens is 2. The molecule has 0 atom stereocenters. The van der Waals surface area contributed by atoms with E-state index in [0.717, 1.165) is 23.9 Å². The Kier molecular flexibility index (Phi) is 6.34. The lowest BCUT2D eigenvalue weighted by molar-refractivity contribution is 0.0520. The average Bonchev–Trinajstić information content (AvgIpc) is 2.96. The molecule has 0 radical (unpaired) electrons. The molecular weight excluding hydrogens is 320 g/mol. The van der Waals surface area contributed by atoms with Crippen LogP contribution in [0.15, 0.2) is 36.7 Å². The average molecular weight is 347 g/mol. The molecule has 0 aliphatic heterocycles. The van der Waals surface area contributed by atoms with E-state index in [9.17, 15) is 4.79 Å². The summed E-state index contributed by atoms with van der Waals surface area (Å²) in [6, 6.07) is 10.8. The molecule has 0 fully saturated rings. The summed E-state index contributed by atoms with van der Waals surface area (Å²) < 4.78 is 12.8. The van der Waals surface area contributed by atoms with Gasteiger partial charge < -0.3 is 14.0 Å². The van der Waals surface area contributed by atoms with E-state index < -0.39 is 14.0 Å². The minimum absolute atomic E-state index is 0.326. The van der Waals surface area contributed by atoms with Crippen LogP contribution in [0.2, 0.25) is 25.7 Å². The maximum atomic E-state index is 12.2. The topological polar surface area (TPSA) is 53.3 Å². The summed E-state index contributed by atoms with van der Waals surface area (Å²) in [7, 11) is -1.12. The van der Waals surface area contributed by atoms with Gasteiger partial charge in [-0.1, -0.05) is 50.0 Å². The second kappa shape index (κ2) is 8.26. The van der Waals surface area contributed by atoms with Gasteiger partial charge in [0.05, 0.1) is 18.6 Å². The molecule has 0 unspecified atom stereocenters. The zero-order valence-corrected chi connectivity index (χ0v) is 15.9. The summed E-state index contributed by atoms with van der Waals surface area (Å²) in [6.07, 6.45) is 1.64. The number of imidazole rings is 1. The maximum absolute atomic E-state index is 12.2. The Hall–Kier alpha value is -1.92. The zero-order valence-electron chi connectivity index (χ0n) is 14.9. The third-order valence-electron chi connectivity index (χ3n) is 3.58. The minimum Gasteiger partial charge on any atom is -0.461 e. The summed E-state index contributed by atoms with van der Waals surface area (Å²) in [5.41, 5.74) is 1.99. The third kappa shape index (κ3) is 5.04. The van der Waals surface area contributed by atoms with Crippen LogP contribution < -0.4 is 0 Å². The van der Waals surface area contributed by atoms with Crippen LogP contribution in [-0.4, -0.2) is 36.8 Å². The summed E-state index contributed by atoms with van der Waals surface area (Å²) in [4.78, 5) is 16.4. The van der Waals surface area contributed by atoms with Gasteiger partial charge in [0.15, 0.2) is 5.69 Å². The SMILES string of the molecule is CCOC(=O)c1ncn(COCC[Si](C)(C)C)c1-c1ccccc1. The standard InChI is InChI=1S/C18H26N2O3Si/c1-5-23-18(21)16-17(15-9-7-6-8-10-15)20(13-19-16)14-22-11-12-24(2,3)4/h6-10,13H,5,11-12,14H2,1-4H3. The van der Waals surface area contributed by atoms with Gasteiger partial charge in [0.25, 0.3) is 0 Å². The summed E-state index contributed by atoms with van der Waals surface area (Å²) in [6.45, 7) is 10.2. The van der Waals surface area contributed by atoms with Crippen molar-refractivity contribution in [2.45, 2.75) is 39.3 Å². The lowest BCUT2D eigenvalue weighted by atomic mass is 10.1. The zero-order chi connectivity index (χ0) is 17.6. The van der Waals surface area contributed by atoms with Gasteiger partial charge in [-0.05, 0) is 13.0 Å². The highest BCUT2D eigenvalue weighted by Gasteiger charge is 2.20. The molecule has 0 aliphatic rings. The molecule has 0 amide bonds. The smallest absolute Gasteiger partial charge is 0.359 e. The Bertz CT molecular complexity index is 663. The second-order valence-corrected chi connectivity index (χ2v) is 12.5. The number of nitrogens with zero attached hydrogens (tertiary/aromatic N) is 2. The van der Waals surface area contributed by atoms with Crippen molar-refractivity contribution in [1.82, 2.24) is 9.55 Å². The molecule has 2 rings (SSSR count). The fraction of sp³-hybridized carbons (Fsp3) is 0.444. The molecule has 1 aromatic carbocycles. The lowest BCUT2D eigenvalue weighted by Gasteiger charge is -2.16. The molecule has 2 aromatic rings. The molecule has 0 aliphatic carbocycles. The van der Waals surface area contributed by atoms with E-state index >= 15 is 0 Å². The molecule has 0 N–H and O–H groups in total. The van der Waals surface area contributed by atoms with Crippen LogP contribution in [0.3, 0.4) is 0 Å². The molecular formula is C18H26N2O3Si. The van der Waals surface area contributed by atoms with Gasteiger partial charge in [-0.25, -0.2) is 9.78 Å². The molecule has 0 saturated heterocycles. The first kappa shape index (κ1) is 18.4. The van der Waals surface area contributed by atoms with Gasteiger partial charge in [0, 0.05) is 20.2 Å². The van der Waals surface area contributed by atoms with Crippen LogP contribution in [0, 0.1) is 0 Å². The lowest BCUT2D eigenvalue weighted by Crippen LogP contribution is -2.22. The molecule has 1 heterocycles. The Labute approximate surface area is 144 Å². The van der Waals surface area contributed by atoms with Gasteiger partial charge in [0.2, 0.25) is 0 Å². The van der Waals surface area contributed by atoms with Crippen molar-refractivity contribution >= 4 is 14.0 Å². The van der Waals surface area contributed by atoms with Crippen LogP contribution >= 0.6 is 0 Å². The summed E-state index contributed by atoms with van der Waals surface area (Å²) >= 11 is 0. The largest absolute Gasteiger partial charge is 0.461 e. The highest BCUT2D eigenvalue weighted by molar-refractivity contribution is 6.76. The van der Waals surface area contributed by atoms with Gasteiger partial charge >= 0.3 is 5.97 Å². The first-order valence-corrected chi connectivity index (χ1v) is 12.0. The van der Waals surface area contributed by atoms with Crippen molar-refractivity contribution in [1.29, 1.82) is 0 Å². The summed E-state index contributed by atoms with van der Waals surface area (Å²) in [5.74, 6) is -0.405. The van der Waals surface area contributed by atoms with E-state index in [1.54, 1.807) is 13.3 Å². The highest BCUT2D eigenvalue weighted by Crippen LogP contribution is 2.24. The molecule has 130 valence electrons. The van der Waals surface area contributed by atoms with Crippen molar-refractivity contribution in [2.75, 3.05) is 13.2 Å². The summed E-state index contributed by atoms with van der Waals surface area (Å²) in [5, 5.41) is 0. The third-order valence-corrected chi connectivity index (χ3v) is 5.28. The number of carbonyl (C=O) groups excluding carboxylic acids is 1. The molecule has 1 aromatic heterocycles. The number of rotatable bonds is 8. The molecule has 6 heteroatoms. The van der Waals surface area contributed by atoms with Crippen molar-refractivity contribution in [3.8, 4) is 11.3 Å². The van der Waals surface area contributed by atoms with Crippen molar-refractivity contribution in [3.05, 3.63) is 42.4 Å². The van der Waals surface area contributed by atoms with Crippen LogP contribution in [0.25, 0.3) is 11.3 Å². The van der Waals surface area contributed by atoms with Crippen molar-refractivity contribution in [2.24, 2.45) is 0 Å². The molecule has 24 heavy (non-hydrogen) atoms. The molecule has 5 nitrogen and oxygen atoms in total. The van der Waals surface area contributed by atoms with E-state index in [2.05, 4.69) is 24.6 Å². The van der Waals surface area contributed by atoms with Crippen LogP contribution in [0.1, 0.15) is 17.4 Å². The van der Waals surface area contributed by atoms with E-state index in [-0.39, 0.29) is 0 Å².